The molecule has 2 amide bonds. The normalized spacial score (nSPS) is 23.8. The number of hydrogen-bond acceptors (Lipinski definition) is 3. The molecule has 1 aromatic heterocycles. The molecule has 0 bridgehead atoms. The summed E-state index contributed by atoms with van der Waals surface area (Å²) in [7, 11) is 0. The summed E-state index contributed by atoms with van der Waals surface area (Å²) in [4.78, 5) is 26.9. The molecule has 1 aliphatic carbocycles. The van der Waals surface area contributed by atoms with E-state index in [4.69, 9.17) is 4.42 Å². The molecule has 1 atom stereocenters. The quantitative estimate of drug-likeness (QED) is 0.909. The number of rotatable bonds is 2. The van der Waals surface area contributed by atoms with Gasteiger partial charge in [0.25, 0.3) is 0 Å². The van der Waals surface area contributed by atoms with Gasteiger partial charge in [-0.05, 0) is 31.9 Å². The fourth-order valence-corrected chi connectivity index (χ4v) is 3.53. The maximum absolute atomic E-state index is 13.1. The fraction of sp³-hybridized carbons (Fsp3) is 0.625. The summed E-state index contributed by atoms with van der Waals surface area (Å²) < 4.78 is 5.44. The average Bonchev–Trinajstić information content (AvgIpc) is 2.98. The smallest absolute Gasteiger partial charge is 0.248 e. The van der Waals surface area contributed by atoms with Gasteiger partial charge in [0.05, 0.1) is 12.3 Å². The second kappa shape index (κ2) is 5.54. The standard InChI is InChI=1S/C16H22N2O3/c1-12(13-6-5-11-21-13)18-10-7-14(19)17-16(15(18)20)8-3-2-4-9-16/h5-6,11-12H,2-4,7-10H2,1H3,(H,17,19). The summed E-state index contributed by atoms with van der Waals surface area (Å²) in [6.45, 7) is 2.41. The van der Waals surface area contributed by atoms with Crippen LogP contribution in [0.4, 0.5) is 0 Å². The average molecular weight is 290 g/mol. The van der Waals surface area contributed by atoms with Gasteiger partial charge in [-0.15, -0.1) is 0 Å². The zero-order valence-electron chi connectivity index (χ0n) is 12.4. The molecular formula is C16H22N2O3. The third kappa shape index (κ3) is 2.57. The summed E-state index contributed by atoms with van der Waals surface area (Å²) in [5.41, 5.74) is -0.688. The summed E-state index contributed by atoms with van der Waals surface area (Å²) in [5, 5.41) is 3.01. The highest BCUT2D eigenvalue weighted by Gasteiger charge is 2.46. The molecule has 1 unspecified atom stereocenters. The van der Waals surface area contributed by atoms with Crippen molar-refractivity contribution in [3.63, 3.8) is 0 Å². The van der Waals surface area contributed by atoms with Gasteiger partial charge in [0, 0.05) is 13.0 Å². The van der Waals surface area contributed by atoms with E-state index in [0.29, 0.717) is 13.0 Å². The van der Waals surface area contributed by atoms with Crippen LogP contribution >= 0.6 is 0 Å². The highest BCUT2D eigenvalue weighted by molar-refractivity contribution is 5.93. The highest BCUT2D eigenvalue weighted by Crippen LogP contribution is 2.34. The third-order valence-electron chi connectivity index (χ3n) is 4.76. The first-order valence-corrected chi connectivity index (χ1v) is 7.78. The zero-order valence-corrected chi connectivity index (χ0v) is 12.4. The minimum atomic E-state index is -0.688. The molecule has 114 valence electrons. The first-order chi connectivity index (χ1) is 10.1. The lowest BCUT2D eigenvalue weighted by Crippen LogP contribution is -2.58. The third-order valence-corrected chi connectivity index (χ3v) is 4.76. The van der Waals surface area contributed by atoms with Gasteiger partial charge >= 0.3 is 0 Å². The van der Waals surface area contributed by atoms with E-state index in [1.807, 2.05) is 24.0 Å². The molecule has 0 radical (unpaired) electrons. The van der Waals surface area contributed by atoms with Crippen molar-refractivity contribution in [1.29, 1.82) is 0 Å². The van der Waals surface area contributed by atoms with E-state index in [-0.39, 0.29) is 17.9 Å². The summed E-state index contributed by atoms with van der Waals surface area (Å²) in [5.74, 6) is 0.806. The van der Waals surface area contributed by atoms with Gasteiger partial charge in [-0.2, -0.15) is 0 Å². The number of hydrogen-bond donors (Lipinski definition) is 1. The first kappa shape index (κ1) is 14.2. The Hall–Kier alpha value is -1.78. The van der Waals surface area contributed by atoms with Gasteiger partial charge in [-0.3, -0.25) is 9.59 Å². The maximum atomic E-state index is 13.1. The molecule has 2 aliphatic rings. The molecule has 1 spiro atoms. The number of carbonyl (C=O) groups is 2. The van der Waals surface area contributed by atoms with Crippen LogP contribution in [0, 0.1) is 0 Å². The number of amides is 2. The fourth-order valence-electron chi connectivity index (χ4n) is 3.53. The number of nitrogens with one attached hydrogen (secondary N) is 1. The molecule has 1 N–H and O–H groups in total. The lowest BCUT2D eigenvalue weighted by molar-refractivity contribution is -0.142. The van der Waals surface area contributed by atoms with Crippen LogP contribution in [0.25, 0.3) is 0 Å². The molecule has 5 heteroatoms. The Morgan fingerprint density at radius 2 is 2.05 bits per heavy atom. The van der Waals surface area contributed by atoms with Crippen molar-refractivity contribution in [3.8, 4) is 0 Å². The Balaban J connectivity index is 1.89. The molecule has 5 nitrogen and oxygen atoms in total. The monoisotopic (exact) mass is 290 g/mol. The van der Waals surface area contributed by atoms with Gasteiger partial charge in [-0.1, -0.05) is 19.3 Å². The Morgan fingerprint density at radius 3 is 2.71 bits per heavy atom. The maximum Gasteiger partial charge on any atom is 0.248 e. The van der Waals surface area contributed by atoms with E-state index >= 15 is 0 Å². The molecule has 1 aliphatic heterocycles. The van der Waals surface area contributed by atoms with E-state index in [0.717, 1.165) is 37.9 Å². The van der Waals surface area contributed by atoms with E-state index in [1.165, 1.54) is 0 Å². The minimum absolute atomic E-state index is 0.0144. The van der Waals surface area contributed by atoms with Crippen LogP contribution in [0.5, 0.6) is 0 Å². The van der Waals surface area contributed by atoms with Crippen molar-refractivity contribution >= 4 is 11.8 Å². The van der Waals surface area contributed by atoms with Crippen molar-refractivity contribution in [3.05, 3.63) is 24.2 Å². The zero-order chi connectivity index (χ0) is 14.9. The first-order valence-electron chi connectivity index (χ1n) is 7.78. The van der Waals surface area contributed by atoms with Crippen LogP contribution in [-0.2, 0) is 9.59 Å². The van der Waals surface area contributed by atoms with Crippen LogP contribution in [-0.4, -0.2) is 28.8 Å². The number of furan rings is 1. The Labute approximate surface area is 124 Å². The largest absolute Gasteiger partial charge is 0.467 e. The predicted octanol–water partition coefficient (Wildman–Crippen LogP) is 2.39. The molecule has 21 heavy (non-hydrogen) atoms. The highest BCUT2D eigenvalue weighted by atomic mass is 16.3. The molecule has 0 aromatic carbocycles. The van der Waals surface area contributed by atoms with E-state index in [1.54, 1.807) is 6.26 Å². The van der Waals surface area contributed by atoms with E-state index in [2.05, 4.69) is 5.32 Å². The number of carbonyl (C=O) groups excluding carboxylic acids is 2. The topological polar surface area (TPSA) is 62.6 Å². The van der Waals surface area contributed by atoms with Gasteiger partial charge in [0.1, 0.15) is 11.3 Å². The molecule has 1 saturated carbocycles. The molecule has 2 heterocycles. The van der Waals surface area contributed by atoms with E-state index in [9.17, 15) is 9.59 Å². The SMILES string of the molecule is CC(c1ccco1)N1CCC(=O)NC2(CCCCC2)C1=O. The molecule has 2 fully saturated rings. The Morgan fingerprint density at radius 1 is 1.29 bits per heavy atom. The summed E-state index contributed by atoms with van der Waals surface area (Å²) in [6.07, 6.45) is 6.60. The van der Waals surface area contributed by atoms with Crippen molar-refractivity contribution in [2.45, 2.75) is 57.0 Å². The Bertz CT molecular complexity index is 518. The second-order valence-electron chi connectivity index (χ2n) is 6.13. The summed E-state index contributed by atoms with van der Waals surface area (Å²) in [6, 6.07) is 3.57. The van der Waals surface area contributed by atoms with Crippen LogP contribution in [0.3, 0.4) is 0 Å². The molecular weight excluding hydrogens is 268 g/mol. The van der Waals surface area contributed by atoms with Crippen molar-refractivity contribution < 1.29 is 14.0 Å². The van der Waals surface area contributed by atoms with Gasteiger partial charge in [0.15, 0.2) is 0 Å². The lowest BCUT2D eigenvalue weighted by atomic mass is 9.80. The van der Waals surface area contributed by atoms with E-state index < -0.39 is 5.54 Å². The van der Waals surface area contributed by atoms with Crippen molar-refractivity contribution in [2.75, 3.05) is 6.54 Å². The summed E-state index contributed by atoms with van der Waals surface area (Å²) >= 11 is 0. The van der Waals surface area contributed by atoms with Crippen LogP contribution in [0.1, 0.15) is 57.3 Å². The van der Waals surface area contributed by atoms with Crippen LogP contribution < -0.4 is 5.32 Å². The second-order valence-corrected chi connectivity index (χ2v) is 6.13. The van der Waals surface area contributed by atoms with Crippen molar-refractivity contribution in [2.24, 2.45) is 0 Å². The van der Waals surface area contributed by atoms with Crippen molar-refractivity contribution in [1.82, 2.24) is 10.2 Å². The number of nitrogens with zero attached hydrogens (tertiary/aromatic N) is 1. The molecule has 1 aromatic rings. The van der Waals surface area contributed by atoms with Crippen LogP contribution in [0.2, 0.25) is 0 Å². The Kier molecular flexibility index (Phi) is 3.74. The molecule has 1 saturated heterocycles. The lowest BCUT2D eigenvalue weighted by Gasteiger charge is -2.39. The van der Waals surface area contributed by atoms with Gasteiger partial charge < -0.3 is 14.6 Å². The molecule has 3 rings (SSSR count). The van der Waals surface area contributed by atoms with Crippen LogP contribution in [0.15, 0.2) is 22.8 Å². The predicted molar refractivity (Wildman–Crippen MR) is 77.4 cm³/mol. The minimum Gasteiger partial charge on any atom is -0.467 e. The van der Waals surface area contributed by atoms with Gasteiger partial charge in [-0.25, -0.2) is 0 Å². The van der Waals surface area contributed by atoms with Gasteiger partial charge in [0.2, 0.25) is 11.8 Å².